The highest BCUT2D eigenvalue weighted by Crippen LogP contribution is 2.14. The first-order chi connectivity index (χ1) is 7.84. The number of ether oxygens (including phenoxy) is 1. The van der Waals surface area contributed by atoms with Crippen LogP contribution in [-0.4, -0.2) is 48.1 Å². The normalized spacial score (nSPS) is 13.6. The van der Waals surface area contributed by atoms with Gasteiger partial charge in [-0.2, -0.15) is 0 Å². The van der Waals surface area contributed by atoms with Crippen molar-refractivity contribution in [3.05, 3.63) is 0 Å². The van der Waals surface area contributed by atoms with Gasteiger partial charge in [0.2, 0.25) is 5.91 Å². The van der Waals surface area contributed by atoms with Crippen LogP contribution in [0.3, 0.4) is 0 Å². The molecule has 0 unspecified atom stereocenters. The van der Waals surface area contributed by atoms with E-state index in [1.54, 1.807) is 6.92 Å². The number of aliphatic carboxylic acids is 1. The van der Waals surface area contributed by atoms with Crippen LogP contribution in [0.15, 0.2) is 0 Å². The fraction of sp³-hybridized carbons (Fsp3) is 0.727. The SMILES string of the molecule is CC[C@H](C)[C@@H](C(=O)O)N(C)C(=O)CC(=O)OC. The summed E-state index contributed by atoms with van der Waals surface area (Å²) in [5.41, 5.74) is 0. The van der Waals surface area contributed by atoms with Crippen molar-refractivity contribution >= 4 is 17.8 Å². The van der Waals surface area contributed by atoms with Crippen LogP contribution in [0.4, 0.5) is 0 Å². The van der Waals surface area contributed by atoms with Crippen LogP contribution in [0.1, 0.15) is 26.7 Å². The lowest BCUT2D eigenvalue weighted by molar-refractivity contribution is -0.155. The Morgan fingerprint density at radius 1 is 1.35 bits per heavy atom. The first kappa shape index (κ1) is 15.4. The number of carbonyl (C=O) groups excluding carboxylic acids is 2. The van der Waals surface area contributed by atoms with Crippen molar-refractivity contribution < 1.29 is 24.2 Å². The summed E-state index contributed by atoms with van der Waals surface area (Å²) in [5.74, 6) is -2.47. The number of rotatable bonds is 6. The van der Waals surface area contributed by atoms with Gasteiger partial charge in [-0.3, -0.25) is 9.59 Å². The quantitative estimate of drug-likeness (QED) is 0.544. The highest BCUT2D eigenvalue weighted by atomic mass is 16.5. The number of carboxylic acids is 1. The number of esters is 1. The van der Waals surface area contributed by atoms with Crippen LogP contribution in [-0.2, 0) is 19.1 Å². The molecule has 0 saturated heterocycles. The van der Waals surface area contributed by atoms with Crippen LogP contribution in [0.2, 0.25) is 0 Å². The Kier molecular flexibility index (Phi) is 6.23. The fourth-order valence-electron chi connectivity index (χ4n) is 1.49. The van der Waals surface area contributed by atoms with Gasteiger partial charge in [0, 0.05) is 7.05 Å². The van der Waals surface area contributed by atoms with E-state index in [4.69, 9.17) is 5.11 Å². The molecule has 0 saturated carbocycles. The van der Waals surface area contributed by atoms with Crippen molar-refractivity contribution in [1.29, 1.82) is 0 Å². The van der Waals surface area contributed by atoms with Crippen LogP contribution >= 0.6 is 0 Å². The van der Waals surface area contributed by atoms with Crippen molar-refractivity contribution in [2.75, 3.05) is 14.2 Å². The van der Waals surface area contributed by atoms with Crippen molar-refractivity contribution in [2.45, 2.75) is 32.7 Å². The van der Waals surface area contributed by atoms with Gasteiger partial charge in [0.25, 0.3) is 0 Å². The number of carbonyl (C=O) groups is 3. The Labute approximate surface area is 101 Å². The van der Waals surface area contributed by atoms with Gasteiger partial charge >= 0.3 is 11.9 Å². The summed E-state index contributed by atoms with van der Waals surface area (Å²) in [6, 6.07) is -0.919. The minimum absolute atomic E-state index is 0.181. The monoisotopic (exact) mass is 245 g/mol. The Bertz CT molecular complexity index is 302. The van der Waals surface area contributed by atoms with E-state index in [-0.39, 0.29) is 5.92 Å². The summed E-state index contributed by atoms with van der Waals surface area (Å²) in [5, 5.41) is 9.08. The van der Waals surface area contributed by atoms with Gasteiger partial charge in [-0.15, -0.1) is 0 Å². The van der Waals surface area contributed by atoms with Crippen LogP contribution in [0, 0.1) is 5.92 Å². The molecule has 0 spiro atoms. The molecule has 6 heteroatoms. The average molecular weight is 245 g/mol. The number of carboxylic acid groups (broad SMARTS) is 1. The third-order valence-electron chi connectivity index (χ3n) is 2.77. The molecule has 0 radical (unpaired) electrons. The predicted octanol–water partition coefficient (Wildman–Crippen LogP) is 0.507. The number of amides is 1. The number of likely N-dealkylation sites (N-methyl/N-ethyl adjacent to an activating group) is 1. The van der Waals surface area contributed by atoms with Crippen LogP contribution in [0.5, 0.6) is 0 Å². The second-order valence-corrected chi connectivity index (χ2v) is 3.93. The molecule has 1 N–H and O–H groups in total. The molecule has 17 heavy (non-hydrogen) atoms. The van der Waals surface area contributed by atoms with Gasteiger partial charge in [-0.25, -0.2) is 4.79 Å². The molecule has 0 heterocycles. The third kappa shape index (κ3) is 4.42. The maximum atomic E-state index is 11.6. The summed E-state index contributed by atoms with van der Waals surface area (Å²) < 4.78 is 4.36. The largest absolute Gasteiger partial charge is 0.480 e. The predicted molar refractivity (Wildman–Crippen MR) is 60.3 cm³/mol. The van der Waals surface area contributed by atoms with Gasteiger partial charge in [0.15, 0.2) is 0 Å². The molecule has 0 bridgehead atoms. The molecular formula is C11H19NO5. The van der Waals surface area contributed by atoms with Gasteiger partial charge in [0.1, 0.15) is 12.5 Å². The van der Waals surface area contributed by atoms with E-state index in [2.05, 4.69) is 4.74 Å². The molecule has 98 valence electrons. The molecule has 2 atom stereocenters. The topological polar surface area (TPSA) is 83.9 Å². The van der Waals surface area contributed by atoms with Crippen LogP contribution in [0.25, 0.3) is 0 Å². The van der Waals surface area contributed by atoms with E-state index in [9.17, 15) is 14.4 Å². The second kappa shape index (κ2) is 6.88. The molecule has 0 aromatic heterocycles. The molecule has 0 aliphatic heterocycles. The summed E-state index contributed by atoms with van der Waals surface area (Å²) in [4.78, 5) is 34.8. The first-order valence-electron chi connectivity index (χ1n) is 5.40. The van der Waals surface area contributed by atoms with E-state index >= 15 is 0 Å². The van der Waals surface area contributed by atoms with Crippen molar-refractivity contribution in [3.63, 3.8) is 0 Å². The Morgan fingerprint density at radius 2 is 1.88 bits per heavy atom. The molecule has 0 aliphatic carbocycles. The summed E-state index contributed by atoms with van der Waals surface area (Å²) in [7, 11) is 2.56. The molecule has 1 amide bonds. The lowest BCUT2D eigenvalue weighted by Gasteiger charge is -2.28. The van der Waals surface area contributed by atoms with Crippen molar-refractivity contribution in [1.82, 2.24) is 4.90 Å². The third-order valence-corrected chi connectivity index (χ3v) is 2.77. The van der Waals surface area contributed by atoms with Gasteiger partial charge in [-0.05, 0) is 5.92 Å². The first-order valence-corrected chi connectivity index (χ1v) is 5.40. The average Bonchev–Trinajstić information content (AvgIpc) is 2.27. The van der Waals surface area contributed by atoms with Gasteiger partial charge in [0.05, 0.1) is 7.11 Å². The van der Waals surface area contributed by atoms with Crippen molar-refractivity contribution in [3.8, 4) is 0 Å². The molecule has 0 fully saturated rings. The Balaban J connectivity index is 4.72. The minimum Gasteiger partial charge on any atom is -0.480 e. The lowest BCUT2D eigenvalue weighted by Crippen LogP contribution is -2.46. The molecule has 0 rings (SSSR count). The van der Waals surface area contributed by atoms with Gasteiger partial charge in [-0.1, -0.05) is 20.3 Å². The second-order valence-electron chi connectivity index (χ2n) is 3.93. The number of nitrogens with zero attached hydrogens (tertiary/aromatic N) is 1. The highest BCUT2D eigenvalue weighted by Gasteiger charge is 2.31. The highest BCUT2D eigenvalue weighted by molar-refractivity contribution is 5.95. The summed E-state index contributed by atoms with van der Waals surface area (Å²) >= 11 is 0. The minimum atomic E-state index is -1.07. The maximum Gasteiger partial charge on any atom is 0.326 e. The number of hydrogen-bond acceptors (Lipinski definition) is 4. The van der Waals surface area contributed by atoms with Gasteiger partial charge < -0.3 is 14.7 Å². The summed E-state index contributed by atoms with van der Waals surface area (Å²) in [6.45, 7) is 3.60. The van der Waals surface area contributed by atoms with E-state index < -0.39 is 30.3 Å². The zero-order valence-corrected chi connectivity index (χ0v) is 10.6. The zero-order chi connectivity index (χ0) is 13.6. The van der Waals surface area contributed by atoms with E-state index in [1.807, 2.05) is 6.92 Å². The molecule has 0 aromatic rings. The fourth-order valence-corrected chi connectivity index (χ4v) is 1.49. The Hall–Kier alpha value is -1.59. The smallest absolute Gasteiger partial charge is 0.326 e. The molecule has 0 aromatic carbocycles. The molecular weight excluding hydrogens is 226 g/mol. The number of hydrogen-bond donors (Lipinski definition) is 1. The Morgan fingerprint density at radius 3 is 2.24 bits per heavy atom. The van der Waals surface area contributed by atoms with E-state index in [0.29, 0.717) is 6.42 Å². The zero-order valence-electron chi connectivity index (χ0n) is 10.6. The maximum absolute atomic E-state index is 11.6. The number of methoxy groups -OCH3 is 1. The van der Waals surface area contributed by atoms with E-state index in [0.717, 1.165) is 4.90 Å². The van der Waals surface area contributed by atoms with Crippen molar-refractivity contribution in [2.24, 2.45) is 5.92 Å². The standard InChI is InChI=1S/C11H19NO5/c1-5-7(2)10(11(15)16)12(3)8(13)6-9(14)17-4/h7,10H,5-6H2,1-4H3,(H,15,16)/t7-,10-/m0/s1. The summed E-state index contributed by atoms with van der Waals surface area (Å²) in [6.07, 6.45) is 0.194. The lowest BCUT2D eigenvalue weighted by atomic mass is 9.98. The van der Waals surface area contributed by atoms with E-state index in [1.165, 1.54) is 14.2 Å². The van der Waals surface area contributed by atoms with Crippen LogP contribution < -0.4 is 0 Å². The molecule has 0 aliphatic rings. The molecule has 6 nitrogen and oxygen atoms in total.